The molecule has 2 aromatic heterocycles. The van der Waals surface area contributed by atoms with E-state index in [0.717, 1.165) is 81.2 Å². The average Bonchev–Trinajstić information content (AvgIpc) is 3.89. The van der Waals surface area contributed by atoms with Crippen molar-refractivity contribution in [2.75, 3.05) is 72.4 Å². The predicted molar refractivity (Wildman–Crippen MR) is 184 cm³/mol. The molecular formula is C32H36N8O2S3. The second-order valence-electron chi connectivity index (χ2n) is 11.6. The van der Waals surface area contributed by atoms with Crippen molar-refractivity contribution in [2.24, 2.45) is 0 Å². The van der Waals surface area contributed by atoms with Crippen LogP contribution in [-0.4, -0.2) is 85.7 Å². The highest BCUT2D eigenvalue weighted by Gasteiger charge is 2.25. The van der Waals surface area contributed by atoms with Crippen LogP contribution in [0.4, 0.5) is 22.7 Å². The summed E-state index contributed by atoms with van der Waals surface area (Å²) in [4.78, 5) is 24.5. The number of rotatable bonds is 7. The van der Waals surface area contributed by atoms with Crippen molar-refractivity contribution >= 4 is 61.2 Å². The van der Waals surface area contributed by atoms with Crippen molar-refractivity contribution < 1.29 is 8.42 Å². The van der Waals surface area contributed by atoms with E-state index in [1.165, 1.54) is 37.0 Å². The van der Waals surface area contributed by atoms with E-state index in [0.29, 0.717) is 10.2 Å². The molecule has 1 N–H and O–H groups in total. The predicted octanol–water partition coefficient (Wildman–Crippen LogP) is 5.15. The van der Waals surface area contributed by atoms with Crippen LogP contribution in [0.1, 0.15) is 25.7 Å². The van der Waals surface area contributed by atoms with Crippen LogP contribution in [0, 0.1) is 0 Å². The van der Waals surface area contributed by atoms with Crippen LogP contribution in [-0.2, 0) is 9.84 Å². The molecule has 3 saturated heterocycles. The van der Waals surface area contributed by atoms with Gasteiger partial charge in [-0.1, -0.05) is 30.3 Å². The summed E-state index contributed by atoms with van der Waals surface area (Å²) in [6.45, 7) is 7.37. The zero-order valence-corrected chi connectivity index (χ0v) is 27.5. The number of thiocarbonyl (C=S) groups is 1. The summed E-state index contributed by atoms with van der Waals surface area (Å²) in [5.41, 5.74) is 1.61. The third kappa shape index (κ3) is 6.47. The number of hydrogen-bond acceptors (Lipinski definition) is 10. The van der Waals surface area contributed by atoms with Gasteiger partial charge in [-0.15, -0.1) is 11.3 Å². The minimum Gasteiger partial charge on any atom is -0.356 e. The second-order valence-corrected chi connectivity index (χ2v) is 14.8. The molecule has 3 aliphatic heterocycles. The van der Waals surface area contributed by atoms with Gasteiger partial charge in [-0.05, 0) is 62.2 Å². The number of nitrogens with zero attached hydrogens (tertiary/aromatic N) is 7. The number of anilines is 4. The summed E-state index contributed by atoms with van der Waals surface area (Å²) in [5.74, 6) is 2.91. The molecule has 0 saturated carbocycles. The fourth-order valence-corrected chi connectivity index (χ4v) is 8.40. The van der Waals surface area contributed by atoms with Crippen molar-refractivity contribution in [1.29, 1.82) is 0 Å². The van der Waals surface area contributed by atoms with E-state index in [4.69, 9.17) is 27.2 Å². The standard InChI is InChI=1S/C32H36N8O2S3/c41-45(42,25-8-2-1-3-9-25)26-12-10-24(11-13-26)27-23-44-31(33-27)36-32(43)40-20-18-38(19-21-40)29-22-28(37-14-4-5-15-37)34-30(35-29)39-16-6-7-17-39/h1-3,8-13,22-23H,4-7,14-21H2,(H,33,36,43). The van der Waals surface area contributed by atoms with E-state index in [2.05, 4.69) is 31.0 Å². The zero-order valence-electron chi connectivity index (χ0n) is 25.0. The Hall–Kier alpha value is -3.81. The smallest absolute Gasteiger partial charge is 0.229 e. The molecule has 0 spiro atoms. The molecule has 5 heterocycles. The highest BCUT2D eigenvalue weighted by atomic mass is 32.2. The molecule has 10 nitrogen and oxygen atoms in total. The van der Waals surface area contributed by atoms with Gasteiger partial charge in [0.1, 0.15) is 11.6 Å². The Bertz CT molecular complexity index is 1710. The molecule has 3 fully saturated rings. The third-order valence-corrected chi connectivity index (χ3v) is 11.5. The van der Waals surface area contributed by atoms with Gasteiger partial charge in [0.15, 0.2) is 10.2 Å². The maximum Gasteiger partial charge on any atom is 0.229 e. The summed E-state index contributed by atoms with van der Waals surface area (Å²) < 4.78 is 25.9. The van der Waals surface area contributed by atoms with Crippen LogP contribution in [0.5, 0.6) is 0 Å². The van der Waals surface area contributed by atoms with Gasteiger partial charge in [-0.3, -0.25) is 0 Å². The summed E-state index contributed by atoms with van der Waals surface area (Å²) in [6, 6.07) is 17.5. The molecule has 0 bridgehead atoms. The summed E-state index contributed by atoms with van der Waals surface area (Å²) in [6.07, 6.45) is 4.82. The lowest BCUT2D eigenvalue weighted by Gasteiger charge is -2.37. The molecule has 3 aliphatic rings. The topological polar surface area (TPSA) is 97.8 Å². The van der Waals surface area contributed by atoms with Crippen LogP contribution in [0.25, 0.3) is 11.3 Å². The van der Waals surface area contributed by atoms with Gasteiger partial charge in [0, 0.05) is 69.4 Å². The molecule has 0 radical (unpaired) electrons. The van der Waals surface area contributed by atoms with Crippen LogP contribution < -0.4 is 20.0 Å². The average molecular weight is 661 g/mol. The monoisotopic (exact) mass is 660 g/mol. The van der Waals surface area contributed by atoms with Crippen molar-refractivity contribution in [3.05, 3.63) is 66.0 Å². The van der Waals surface area contributed by atoms with Gasteiger partial charge in [0.25, 0.3) is 0 Å². The number of hydrogen-bond donors (Lipinski definition) is 1. The Labute approximate surface area is 273 Å². The highest BCUT2D eigenvalue weighted by molar-refractivity contribution is 7.91. The molecule has 234 valence electrons. The number of piperazine rings is 1. The maximum atomic E-state index is 12.9. The van der Waals surface area contributed by atoms with Crippen LogP contribution >= 0.6 is 23.6 Å². The quantitative estimate of drug-likeness (QED) is 0.267. The molecule has 0 atom stereocenters. The summed E-state index contributed by atoms with van der Waals surface area (Å²) >= 11 is 7.26. The molecule has 13 heteroatoms. The Morgan fingerprint density at radius 1 is 0.711 bits per heavy atom. The van der Waals surface area contributed by atoms with Gasteiger partial charge >= 0.3 is 0 Å². The molecule has 0 unspecified atom stereocenters. The van der Waals surface area contributed by atoms with Crippen molar-refractivity contribution in [2.45, 2.75) is 35.5 Å². The first-order valence-corrected chi connectivity index (χ1v) is 18.3. The molecule has 45 heavy (non-hydrogen) atoms. The first-order chi connectivity index (χ1) is 21.9. The van der Waals surface area contributed by atoms with Crippen molar-refractivity contribution in [1.82, 2.24) is 19.9 Å². The largest absolute Gasteiger partial charge is 0.356 e. The number of aromatic nitrogens is 3. The Kier molecular flexibility index (Phi) is 8.56. The van der Waals surface area contributed by atoms with Crippen LogP contribution in [0.2, 0.25) is 0 Å². The van der Waals surface area contributed by atoms with E-state index in [9.17, 15) is 8.42 Å². The Balaban J connectivity index is 0.977. The number of benzene rings is 2. The molecular weight excluding hydrogens is 625 g/mol. The van der Waals surface area contributed by atoms with Crippen molar-refractivity contribution in [3.63, 3.8) is 0 Å². The zero-order chi connectivity index (χ0) is 30.8. The first kappa shape index (κ1) is 29.9. The fraction of sp³-hybridized carbons (Fsp3) is 0.375. The Morgan fingerprint density at radius 2 is 1.29 bits per heavy atom. The molecule has 0 aliphatic carbocycles. The third-order valence-electron chi connectivity index (χ3n) is 8.63. The van der Waals surface area contributed by atoms with E-state index in [-0.39, 0.29) is 9.79 Å². The first-order valence-electron chi connectivity index (χ1n) is 15.5. The van der Waals surface area contributed by atoms with Gasteiger partial charge < -0.3 is 24.9 Å². The summed E-state index contributed by atoms with van der Waals surface area (Å²) in [7, 11) is -3.56. The maximum absolute atomic E-state index is 12.9. The molecule has 7 rings (SSSR count). The SMILES string of the molecule is O=S(=O)(c1ccccc1)c1ccc(-c2csc(NC(=S)N3CCN(c4cc(N5CCCC5)nc(N5CCCC5)n4)CC3)n2)cc1. The van der Waals surface area contributed by atoms with Gasteiger partial charge in [0.2, 0.25) is 15.8 Å². The number of sulfone groups is 1. The minimum absolute atomic E-state index is 0.257. The number of thiazole rings is 1. The lowest BCUT2D eigenvalue weighted by Crippen LogP contribution is -2.50. The summed E-state index contributed by atoms with van der Waals surface area (Å²) in [5, 5.41) is 6.63. The lowest BCUT2D eigenvalue weighted by molar-refractivity contribution is 0.389. The molecule has 2 aromatic carbocycles. The van der Waals surface area contributed by atoms with E-state index in [1.54, 1.807) is 54.6 Å². The normalized spacial score (nSPS) is 17.2. The fourth-order valence-electron chi connectivity index (χ4n) is 6.05. The molecule has 4 aromatic rings. The Morgan fingerprint density at radius 3 is 1.93 bits per heavy atom. The molecule has 0 amide bonds. The van der Waals surface area contributed by atoms with E-state index in [1.807, 2.05) is 5.38 Å². The van der Waals surface area contributed by atoms with Crippen molar-refractivity contribution in [3.8, 4) is 11.3 Å². The highest BCUT2D eigenvalue weighted by Crippen LogP contribution is 2.30. The second kappa shape index (κ2) is 12.9. The van der Waals surface area contributed by atoms with Gasteiger partial charge in [0.05, 0.1) is 15.5 Å². The van der Waals surface area contributed by atoms with Crippen LogP contribution in [0.15, 0.2) is 75.8 Å². The van der Waals surface area contributed by atoms with E-state index < -0.39 is 9.84 Å². The van der Waals surface area contributed by atoms with Crippen LogP contribution in [0.3, 0.4) is 0 Å². The number of nitrogens with one attached hydrogen (secondary N) is 1. The van der Waals surface area contributed by atoms with Gasteiger partial charge in [-0.25, -0.2) is 13.4 Å². The minimum atomic E-state index is -3.56. The van der Waals surface area contributed by atoms with Gasteiger partial charge in [-0.2, -0.15) is 9.97 Å². The lowest BCUT2D eigenvalue weighted by atomic mass is 10.2. The van der Waals surface area contributed by atoms with E-state index >= 15 is 0 Å².